The Kier molecular flexibility index (Phi) is 4.39. The van der Waals surface area contributed by atoms with Gasteiger partial charge in [-0.05, 0) is 53.6 Å². The minimum atomic E-state index is -1.05. The summed E-state index contributed by atoms with van der Waals surface area (Å²) in [6.07, 6.45) is 0. The molecule has 1 heterocycles. The second-order valence-electron chi connectivity index (χ2n) is 4.48. The lowest BCUT2D eigenvalue weighted by atomic mass is 9.99. The smallest absolute Gasteiger partial charge is 0.251 e. The van der Waals surface area contributed by atoms with E-state index in [1.807, 2.05) is 29.0 Å². The third-order valence-corrected chi connectivity index (χ3v) is 4.05. The summed E-state index contributed by atoms with van der Waals surface area (Å²) < 4.78 is 0.925. The molecule has 0 aliphatic rings. The second-order valence-corrected chi connectivity index (χ2v) is 6.17. The molecule has 0 saturated heterocycles. The Morgan fingerprint density at radius 1 is 1.37 bits per heavy atom. The molecule has 0 fully saturated rings. The Labute approximate surface area is 124 Å². The number of benzene rings is 1. The molecule has 0 radical (unpaired) electrons. The van der Waals surface area contributed by atoms with E-state index >= 15 is 0 Å². The minimum absolute atomic E-state index is 0.179. The van der Waals surface area contributed by atoms with Crippen molar-refractivity contribution in [3.63, 3.8) is 0 Å². The molecule has 1 unspecified atom stereocenters. The van der Waals surface area contributed by atoms with Crippen LogP contribution >= 0.6 is 27.3 Å². The summed E-state index contributed by atoms with van der Waals surface area (Å²) in [6, 6.07) is 8.95. The number of halogens is 1. The molecule has 5 heteroatoms. The first-order valence-corrected chi connectivity index (χ1v) is 7.51. The third kappa shape index (κ3) is 3.65. The number of thiophene rings is 1. The summed E-state index contributed by atoms with van der Waals surface area (Å²) in [7, 11) is 0. The normalized spacial score (nSPS) is 13.8. The van der Waals surface area contributed by atoms with E-state index in [9.17, 15) is 9.90 Å². The van der Waals surface area contributed by atoms with Crippen LogP contribution in [0.2, 0.25) is 0 Å². The van der Waals surface area contributed by atoms with Crippen molar-refractivity contribution in [1.29, 1.82) is 0 Å². The fourth-order valence-electron chi connectivity index (χ4n) is 1.63. The number of rotatable bonds is 4. The van der Waals surface area contributed by atoms with Crippen molar-refractivity contribution in [1.82, 2.24) is 5.32 Å². The van der Waals surface area contributed by atoms with Crippen LogP contribution < -0.4 is 5.32 Å². The van der Waals surface area contributed by atoms with Crippen LogP contribution in [0.4, 0.5) is 0 Å². The molecule has 2 N–H and O–H groups in total. The molecule has 1 aromatic heterocycles. The SMILES string of the molecule is CC(O)(CNC(=O)c1ccc(Br)cc1)c1ccsc1. The lowest BCUT2D eigenvalue weighted by Gasteiger charge is -2.22. The van der Waals surface area contributed by atoms with Crippen LogP contribution in [-0.4, -0.2) is 17.6 Å². The van der Waals surface area contributed by atoms with Gasteiger partial charge in [0.1, 0.15) is 5.60 Å². The number of hydrogen-bond donors (Lipinski definition) is 2. The van der Waals surface area contributed by atoms with Crippen molar-refractivity contribution < 1.29 is 9.90 Å². The summed E-state index contributed by atoms with van der Waals surface area (Å²) in [5.41, 5.74) is 0.336. The van der Waals surface area contributed by atoms with Crippen LogP contribution in [0.3, 0.4) is 0 Å². The average Bonchev–Trinajstić information content (AvgIpc) is 2.91. The van der Waals surface area contributed by atoms with E-state index in [4.69, 9.17) is 0 Å². The molecule has 100 valence electrons. The Morgan fingerprint density at radius 2 is 2.05 bits per heavy atom. The highest BCUT2D eigenvalue weighted by atomic mass is 79.9. The largest absolute Gasteiger partial charge is 0.384 e. The molecule has 2 aromatic rings. The van der Waals surface area contributed by atoms with Crippen molar-refractivity contribution in [2.75, 3.05) is 6.54 Å². The molecule has 0 bridgehead atoms. The summed E-state index contributed by atoms with van der Waals surface area (Å²) in [5.74, 6) is -0.192. The fourth-order valence-corrected chi connectivity index (χ4v) is 2.68. The first kappa shape index (κ1) is 14.2. The molecule has 3 nitrogen and oxygen atoms in total. The molecule has 1 atom stereocenters. The Bertz CT molecular complexity index is 549. The highest BCUT2D eigenvalue weighted by molar-refractivity contribution is 9.10. The Morgan fingerprint density at radius 3 is 2.63 bits per heavy atom. The van der Waals surface area contributed by atoms with E-state index in [0.29, 0.717) is 5.56 Å². The number of nitrogens with one attached hydrogen (secondary N) is 1. The second kappa shape index (κ2) is 5.86. The Balaban J connectivity index is 1.99. The van der Waals surface area contributed by atoms with Gasteiger partial charge in [-0.25, -0.2) is 0 Å². The van der Waals surface area contributed by atoms with Crippen LogP contribution in [0.15, 0.2) is 45.6 Å². The Hall–Kier alpha value is -1.17. The molecule has 0 spiro atoms. The van der Waals surface area contributed by atoms with E-state index in [1.165, 1.54) is 11.3 Å². The maximum absolute atomic E-state index is 11.9. The highest BCUT2D eigenvalue weighted by Crippen LogP contribution is 2.22. The van der Waals surface area contributed by atoms with Gasteiger partial charge in [-0.2, -0.15) is 11.3 Å². The first-order chi connectivity index (χ1) is 8.99. The zero-order chi connectivity index (χ0) is 13.9. The number of carbonyl (C=O) groups excluding carboxylic acids is 1. The predicted octanol–water partition coefficient (Wildman–Crippen LogP) is 3.15. The van der Waals surface area contributed by atoms with Crippen molar-refractivity contribution in [2.24, 2.45) is 0 Å². The van der Waals surface area contributed by atoms with E-state index in [-0.39, 0.29) is 12.5 Å². The van der Waals surface area contributed by atoms with Gasteiger partial charge < -0.3 is 10.4 Å². The molecule has 1 amide bonds. The van der Waals surface area contributed by atoms with Crippen molar-refractivity contribution in [3.05, 3.63) is 56.7 Å². The summed E-state index contributed by atoms with van der Waals surface area (Å²) in [5, 5.41) is 16.8. The number of amides is 1. The van der Waals surface area contributed by atoms with Gasteiger partial charge in [-0.15, -0.1) is 0 Å². The average molecular weight is 340 g/mol. The quantitative estimate of drug-likeness (QED) is 0.898. The summed E-state index contributed by atoms with van der Waals surface area (Å²) >= 11 is 4.84. The predicted molar refractivity (Wildman–Crippen MR) is 80.4 cm³/mol. The van der Waals surface area contributed by atoms with Crippen molar-refractivity contribution >= 4 is 33.2 Å². The van der Waals surface area contributed by atoms with E-state index in [0.717, 1.165) is 10.0 Å². The monoisotopic (exact) mass is 339 g/mol. The number of hydrogen-bond acceptors (Lipinski definition) is 3. The lowest BCUT2D eigenvalue weighted by Crippen LogP contribution is -2.38. The maximum Gasteiger partial charge on any atom is 0.251 e. The zero-order valence-corrected chi connectivity index (χ0v) is 12.8. The standard InChI is InChI=1S/C14H14BrNO2S/c1-14(18,11-6-7-19-8-11)9-16-13(17)10-2-4-12(15)5-3-10/h2-8,18H,9H2,1H3,(H,16,17). The lowest BCUT2D eigenvalue weighted by molar-refractivity contribution is 0.0530. The molecule has 2 rings (SSSR count). The van der Waals surface area contributed by atoms with Gasteiger partial charge >= 0.3 is 0 Å². The van der Waals surface area contributed by atoms with E-state index in [2.05, 4.69) is 21.2 Å². The summed E-state index contributed by atoms with van der Waals surface area (Å²) in [6.45, 7) is 1.87. The van der Waals surface area contributed by atoms with Crippen molar-refractivity contribution in [3.8, 4) is 0 Å². The van der Waals surface area contributed by atoms with Gasteiger partial charge in [0.25, 0.3) is 5.91 Å². The molecule has 0 aliphatic heterocycles. The highest BCUT2D eigenvalue weighted by Gasteiger charge is 2.24. The summed E-state index contributed by atoms with van der Waals surface area (Å²) in [4.78, 5) is 11.9. The van der Waals surface area contributed by atoms with Crippen LogP contribution in [0, 0.1) is 0 Å². The molecular formula is C14H14BrNO2S. The topological polar surface area (TPSA) is 49.3 Å². The molecule has 1 aromatic carbocycles. The maximum atomic E-state index is 11.9. The zero-order valence-electron chi connectivity index (χ0n) is 10.4. The minimum Gasteiger partial charge on any atom is -0.384 e. The molecular weight excluding hydrogens is 326 g/mol. The van der Waals surface area contributed by atoms with Gasteiger partial charge in [-0.3, -0.25) is 4.79 Å². The fraction of sp³-hybridized carbons (Fsp3) is 0.214. The van der Waals surface area contributed by atoms with Crippen LogP contribution in [-0.2, 0) is 5.60 Å². The van der Waals surface area contributed by atoms with Crippen LogP contribution in [0.5, 0.6) is 0 Å². The van der Waals surface area contributed by atoms with Gasteiger partial charge in [0.05, 0.1) is 6.54 Å². The van der Waals surface area contributed by atoms with Gasteiger partial charge in [-0.1, -0.05) is 15.9 Å². The van der Waals surface area contributed by atoms with E-state index in [1.54, 1.807) is 19.1 Å². The van der Waals surface area contributed by atoms with Gasteiger partial charge in [0.2, 0.25) is 0 Å². The number of aliphatic hydroxyl groups is 1. The van der Waals surface area contributed by atoms with Crippen molar-refractivity contribution in [2.45, 2.75) is 12.5 Å². The molecule has 0 aliphatic carbocycles. The van der Waals surface area contributed by atoms with E-state index < -0.39 is 5.60 Å². The van der Waals surface area contributed by atoms with Crippen LogP contribution in [0.25, 0.3) is 0 Å². The first-order valence-electron chi connectivity index (χ1n) is 5.78. The number of carbonyl (C=O) groups is 1. The molecule has 19 heavy (non-hydrogen) atoms. The van der Waals surface area contributed by atoms with Crippen LogP contribution in [0.1, 0.15) is 22.8 Å². The third-order valence-electron chi connectivity index (χ3n) is 2.84. The van der Waals surface area contributed by atoms with Gasteiger partial charge in [0.15, 0.2) is 0 Å². The van der Waals surface area contributed by atoms with Gasteiger partial charge in [0, 0.05) is 10.0 Å². The molecule has 0 saturated carbocycles.